The van der Waals surface area contributed by atoms with E-state index in [-0.39, 0.29) is 11.6 Å². The number of hydrogen-bond acceptors (Lipinski definition) is 6. The van der Waals surface area contributed by atoms with Crippen LogP contribution in [0.5, 0.6) is 5.75 Å². The van der Waals surface area contributed by atoms with Gasteiger partial charge in [0, 0.05) is 0 Å². The molecule has 0 saturated carbocycles. The number of hydrogen-bond donors (Lipinski definition) is 4. The van der Waals surface area contributed by atoms with Gasteiger partial charge in [-0.15, -0.1) is 0 Å². The number of amides is 2. The molecule has 8 nitrogen and oxygen atoms in total. The molecular weight excluding hydrogens is 495 g/mol. The predicted octanol–water partition coefficient (Wildman–Crippen LogP) is 3.27. The number of ether oxygens (including phenoxy) is 1. The van der Waals surface area contributed by atoms with Crippen LogP contribution in [0, 0.1) is 5.92 Å². The van der Waals surface area contributed by atoms with Gasteiger partial charge in [0.25, 0.3) is 0 Å². The standard InChI is InChI=1S/C24H40F3N3O5Si/c1-14(2)18(20(31)24(25,26)27)29-22(33)19(15-9-11-16(34-6)12-10-15)30-21(32)17(28)13-35-36(7,8)23(3,4)5/h9-12,14,17-20,31H,13,28H2,1-8H3,(H,29,33)(H,30,32)/t17-,18-,19-,20-/m0/s1. The van der Waals surface area contributed by atoms with Crippen molar-refractivity contribution in [3.05, 3.63) is 29.8 Å². The topological polar surface area (TPSA) is 123 Å². The monoisotopic (exact) mass is 535 g/mol. The van der Waals surface area contributed by atoms with E-state index in [0.29, 0.717) is 11.3 Å². The lowest BCUT2D eigenvalue weighted by atomic mass is 9.96. The first-order chi connectivity index (χ1) is 16.3. The SMILES string of the molecule is COc1ccc([C@H](NC(=O)[C@@H](N)CO[Si](C)(C)C(C)(C)C)C(=O)N[C@@H](C(C)C)[C@H](O)C(F)(F)F)cc1. The van der Waals surface area contributed by atoms with Crippen LogP contribution in [0.4, 0.5) is 13.2 Å². The van der Waals surface area contributed by atoms with Crippen LogP contribution in [0.3, 0.4) is 0 Å². The van der Waals surface area contributed by atoms with Gasteiger partial charge in [-0.05, 0) is 41.7 Å². The Morgan fingerprint density at radius 2 is 1.58 bits per heavy atom. The van der Waals surface area contributed by atoms with Gasteiger partial charge in [0.05, 0.1) is 19.8 Å². The molecule has 0 aliphatic carbocycles. The zero-order valence-electron chi connectivity index (χ0n) is 22.2. The van der Waals surface area contributed by atoms with Crippen LogP contribution in [-0.4, -0.2) is 63.3 Å². The summed E-state index contributed by atoms with van der Waals surface area (Å²) >= 11 is 0. The molecule has 0 aliphatic heterocycles. The third kappa shape index (κ3) is 8.75. The summed E-state index contributed by atoms with van der Waals surface area (Å²) in [5.41, 5.74) is 6.33. The lowest BCUT2D eigenvalue weighted by Crippen LogP contribution is -2.56. The van der Waals surface area contributed by atoms with Gasteiger partial charge in [-0.2, -0.15) is 13.2 Å². The molecule has 0 radical (unpaired) electrons. The highest BCUT2D eigenvalue weighted by Crippen LogP contribution is 2.36. The number of aliphatic hydroxyl groups is 1. The Labute approximate surface area is 212 Å². The number of carbonyl (C=O) groups excluding carboxylic acids is 2. The van der Waals surface area contributed by atoms with Crippen LogP contribution in [-0.2, 0) is 14.0 Å². The molecule has 36 heavy (non-hydrogen) atoms. The van der Waals surface area contributed by atoms with Crippen molar-refractivity contribution in [1.29, 1.82) is 0 Å². The van der Waals surface area contributed by atoms with Crippen molar-refractivity contribution in [3.8, 4) is 5.75 Å². The summed E-state index contributed by atoms with van der Waals surface area (Å²) in [6.45, 7) is 12.9. The zero-order valence-corrected chi connectivity index (χ0v) is 23.2. The first-order valence-electron chi connectivity index (χ1n) is 11.7. The Morgan fingerprint density at radius 1 is 1.06 bits per heavy atom. The number of halogens is 3. The van der Waals surface area contributed by atoms with Gasteiger partial charge in [-0.1, -0.05) is 46.8 Å². The fourth-order valence-corrected chi connectivity index (χ4v) is 4.03. The Morgan fingerprint density at radius 3 is 2.00 bits per heavy atom. The Kier molecular flexibility index (Phi) is 11.0. The quantitative estimate of drug-likeness (QED) is 0.323. The summed E-state index contributed by atoms with van der Waals surface area (Å²) in [5.74, 6) is -1.90. The van der Waals surface area contributed by atoms with Crippen LogP contribution in [0.2, 0.25) is 18.1 Å². The second-order valence-corrected chi connectivity index (χ2v) is 15.5. The molecule has 0 aromatic heterocycles. The molecule has 206 valence electrons. The zero-order chi connectivity index (χ0) is 28.1. The van der Waals surface area contributed by atoms with E-state index in [0.717, 1.165) is 0 Å². The molecule has 0 unspecified atom stereocenters. The van der Waals surface area contributed by atoms with E-state index in [4.69, 9.17) is 14.9 Å². The summed E-state index contributed by atoms with van der Waals surface area (Å²) in [7, 11) is -0.750. The van der Waals surface area contributed by atoms with Crippen LogP contribution in [0.25, 0.3) is 0 Å². The van der Waals surface area contributed by atoms with Crippen molar-refractivity contribution in [2.45, 2.75) is 83.2 Å². The molecule has 1 aromatic rings. The van der Waals surface area contributed by atoms with Crippen LogP contribution < -0.4 is 21.1 Å². The largest absolute Gasteiger partial charge is 0.497 e. The molecule has 0 heterocycles. The second-order valence-electron chi connectivity index (χ2n) is 10.7. The number of benzene rings is 1. The van der Waals surface area contributed by atoms with E-state index in [1.807, 2.05) is 33.9 Å². The highest BCUT2D eigenvalue weighted by molar-refractivity contribution is 6.74. The Hall–Kier alpha value is -2.15. The van der Waals surface area contributed by atoms with Crippen molar-refractivity contribution in [1.82, 2.24) is 10.6 Å². The van der Waals surface area contributed by atoms with E-state index in [9.17, 15) is 27.9 Å². The lowest BCUT2D eigenvalue weighted by molar-refractivity contribution is -0.215. The Bertz CT molecular complexity index is 873. The van der Waals surface area contributed by atoms with E-state index in [2.05, 4.69) is 10.6 Å². The van der Waals surface area contributed by atoms with Gasteiger partial charge in [-0.25, -0.2) is 0 Å². The smallest absolute Gasteiger partial charge is 0.416 e. The maximum atomic E-state index is 13.2. The Balaban J connectivity index is 3.16. The van der Waals surface area contributed by atoms with Crippen LogP contribution in [0.15, 0.2) is 24.3 Å². The van der Waals surface area contributed by atoms with Crippen molar-refractivity contribution in [2.24, 2.45) is 11.7 Å². The average Bonchev–Trinajstić information content (AvgIpc) is 2.77. The number of nitrogens with one attached hydrogen (secondary N) is 2. The van der Waals surface area contributed by atoms with Crippen molar-refractivity contribution in [3.63, 3.8) is 0 Å². The third-order valence-electron chi connectivity index (χ3n) is 6.47. The van der Waals surface area contributed by atoms with Gasteiger partial charge in [0.15, 0.2) is 14.4 Å². The molecule has 4 atom stereocenters. The number of aliphatic hydroxyl groups excluding tert-OH is 1. The molecule has 0 spiro atoms. The molecule has 0 fully saturated rings. The summed E-state index contributed by atoms with van der Waals surface area (Å²) < 4.78 is 50.7. The van der Waals surface area contributed by atoms with Crippen LogP contribution in [0.1, 0.15) is 46.2 Å². The molecule has 1 rings (SSSR count). The first-order valence-corrected chi connectivity index (χ1v) is 14.6. The molecule has 5 N–H and O–H groups in total. The van der Waals surface area contributed by atoms with E-state index in [1.54, 1.807) is 12.1 Å². The number of carbonyl (C=O) groups is 2. The minimum Gasteiger partial charge on any atom is -0.497 e. The number of rotatable bonds is 11. The fraction of sp³-hybridized carbons (Fsp3) is 0.667. The van der Waals surface area contributed by atoms with E-state index in [1.165, 1.54) is 33.1 Å². The first kappa shape index (κ1) is 31.9. The van der Waals surface area contributed by atoms with Gasteiger partial charge in [-0.3, -0.25) is 9.59 Å². The summed E-state index contributed by atoms with van der Waals surface area (Å²) in [5, 5.41) is 14.5. The molecule has 1 aromatic carbocycles. The predicted molar refractivity (Wildman–Crippen MR) is 134 cm³/mol. The van der Waals surface area contributed by atoms with Crippen molar-refractivity contribution in [2.75, 3.05) is 13.7 Å². The fourth-order valence-electron chi connectivity index (χ4n) is 3.00. The molecule has 2 amide bonds. The normalized spacial score (nSPS) is 16.2. The summed E-state index contributed by atoms with van der Waals surface area (Å²) in [6, 6.07) is 1.99. The second kappa shape index (κ2) is 12.4. The minimum absolute atomic E-state index is 0.0827. The van der Waals surface area contributed by atoms with E-state index < -0.39 is 56.5 Å². The number of nitrogens with two attached hydrogens (primary N) is 1. The summed E-state index contributed by atoms with van der Waals surface area (Å²) in [6.07, 6.45) is -7.72. The maximum absolute atomic E-state index is 13.2. The van der Waals surface area contributed by atoms with Gasteiger partial charge in [0.2, 0.25) is 11.8 Å². The van der Waals surface area contributed by atoms with Gasteiger partial charge < -0.3 is 30.6 Å². The average molecular weight is 536 g/mol. The summed E-state index contributed by atoms with van der Waals surface area (Å²) in [4.78, 5) is 26.0. The molecular formula is C24H40F3N3O5Si. The number of methoxy groups -OCH3 is 1. The van der Waals surface area contributed by atoms with Crippen molar-refractivity contribution >= 4 is 20.1 Å². The highest BCUT2D eigenvalue weighted by atomic mass is 28.4. The molecule has 0 bridgehead atoms. The molecule has 12 heteroatoms. The maximum Gasteiger partial charge on any atom is 0.416 e. The number of alkyl halides is 3. The van der Waals surface area contributed by atoms with E-state index >= 15 is 0 Å². The van der Waals surface area contributed by atoms with Crippen molar-refractivity contribution < 1.29 is 37.0 Å². The van der Waals surface area contributed by atoms with Crippen LogP contribution >= 0.6 is 0 Å². The minimum atomic E-state index is -4.94. The molecule has 0 saturated heterocycles. The highest BCUT2D eigenvalue weighted by Gasteiger charge is 2.46. The van der Waals surface area contributed by atoms with Gasteiger partial charge in [0.1, 0.15) is 17.8 Å². The van der Waals surface area contributed by atoms with Gasteiger partial charge >= 0.3 is 6.18 Å². The lowest BCUT2D eigenvalue weighted by Gasteiger charge is -2.36. The third-order valence-corrected chi connectivity index (χ3v) is 11.0. The molecule has 0 aliphatic rings.